The molecule has 0 amide bonds. The highest BCUT2D eigenvalue weighted by Gasteiger charge is 2.37. The lowest BCUT2D eigenvalue weighted by Gasteiger charge is -2.32. The standard InChI is InChI=1S/C14H13BrO2/c15-12-6-8-17-13(12)14(16)7-5-10-3-1-2-4-11(10)9-14/h1-4,6,8,16H,5,7,9H2. The first kappa shape index (κ1) is 11.1. The van der Waals surface area contributed by atoms with Gasteiger partial charge >= 0.3 is 0 Å². The third-order valence-electron chi connectivity index (χ3n) is 3.45. The predicted molar refractivity (Wildman–Crippen MR) is 68.8 cm³/mol. The molecule has 0 bridgehead atoms. The van der Waals surface area contributed by atoms with Gasteiger partial charge in [0.25, 0.3) is 0 Å². The summed E-state index contributed by atoms with van der Waals surface area (Å²) in [4.78, 5) is 0. The molecule has 1 heterocycles. The quantitative estimate of drug-likeness (QED) is 0.874. The van der Waals surface area contributed by atoms with Crippen LogP contribution in [0.3, 0.4) is 0 Å². The lowest BCUT2D eigenvalue weighted by molar-refractivity contribution is 0.000441. The first-order chi connectivity index (χ1) is 8.19. The molecule has 3 heteroatoms. The number of furan rings is 1. The fourth-order valence-corrected chi connectivity index (χ4v) is 3.11. The minimum atomic E-state index is -0.878. The van der Waals surface area contributed by atoms with Crippen LogP contribution < -0.4 is 0 Å². The van der Waals surface area contributed by atoms with E-state index in [1.165, 1.54) is 11.1 Å². The Morgan fingerprint density at radius 2 is 1.94 bits per heavy atom. The van der Waals surface area contributed by atoms with Gasteiger partial charge in [0, 0.05) is 6.42 Å². The van der Waals surface area contributed by atoms with Crippen LogP contribution >= 0.6 is 15.9 Å². The van der Waals surface area contributed by atoms with Gasteiger partial charge in [0.15, 0.2) is 0 Å². The number of hydrogen-bond donors (Lipinski definition) is 1. The van der Waals surface area contributed by atoms with Gasteiger partial charge in [-0.3, -0.25) is 0 Å². The summed E-state index contributed by atoms with van der Waals surface area (Å²) in [7, 11) is 0. The number of benzene rings is 1. The zero-order valence-electron chi connectivity index (χ0n) is 9.32. The Hall–Kier alpha value is -1.06. The number of halogens is 1. The van der Waals surface area contributed by atoms with Gasteiger partial charge in [0.1, 0.15) is 11.4 Å². The number of fused-ring (bicyclic) bond motifs is 1. The van der Waals surface area contributed by atoms with E-state index in [0.717, 1.165) is 10.9 Å². The van der Waals surface area contributed by atoms with Gasteiger partial charge in [-0.25, -0.2) is 0 Å². The molecular formula is C14H13BrO2. The molecular weight excluding hydrogens is 280 g/mol. The lowest BCUT2D eigenvalue weighted by Crippen LogP contribution is -2.33. The number of aryl methyl sites for hydroxylation is 1. The summed E-state index contributed by atoms with van der Waals surface area (Å²) in [5.41, 5.74) is 1.67. The van der Waals surface area contributed by atoms with Crippen LogP contribution in [-0.2, 0) is 18.4 Å². The minimum Gasteiger partial charge on any atom is -0.465 e. The molecule has 1 aromatic carbocycles. The highest BCUT2D eigenvalue weighted by Crippen LogP contribution is 2.39. The monoisotopic (exact) mass is 292 g/mol. The molecule has 0 saturated carbocycles. The maximum atomic E-state index is 10.7. The van der Waals surface area contributed by atoms with Crippen molar-refractivity contribution in [2.75, 3.05) is 0 Å². The smallest absolute Gasteiger partial charge is 0.149 e. The SMILES string of the molecule is OC1(c2occc2Br)CCc2ccccc2C1. The zero-order valence-corrected chi connectivity index (χ0v) is 10.9. The summed E-state index contributed by atoms with van der Waals surface area (Å²) in [5, 5.41) is 10.7. The van der Waals surface area contributed by atoms with Crippen molar-refractivity contribution >= 4 is 15.9 Å². The Labute approximate surface area is 108 Å². The summed E-state index contributed by atoms with van der Waals surface area (Å²) in [5.74, 6) is 0.645. The molecule has 2 nitrogen and oxygen atoms in total. The van der Waals surface area contributed by atoms with E-state index in [0.29, 0.717) is 18.6 Å². The number of rotatable bonds is 1. The second-order valence-corrected chi connectivity index (χ2v) is 5.43. The highest BCUT2D eigenvalue weighted by molar-refractivity contribution is 9.10. The van der Waals surface area contributed by atoms with Gasteiger partial charge < -0.3 is 9.52 Å². The maximum Gasteiger partial charge on any atom is 0.149 e. The number of hydrogen-bond acceptors (Lipinski definition) is 2. The average Bonchev–Trinajstić information content (AvgIpc) is 2.76. The maximum absolute atomic E-state index is 10.7. The van der Waals surface area contributed by atoms with Crippen molar-refractivity contribution < 1.29 is 9.52 Å². The molecule has 1 aliphatic carbocycles. The fraction of sp³-hybridized carbons (Fsp3) is 0.286. The fourth-order valence-electron chi connectivity index (χ4n) is 2.54. The Morgan fingerprint density at radius 3 is 2.65 bits per heavy atom. The first-order valence-electron chi connectivity index (χ1n) is 5.72. The lowest BCUT2D eigenvalue weighted by atomic mass is 9.79. The van der Waals surface area contributed by atoms with Crippen molar-refractivity contribution in [2.24, 2.45) is 0 Å². The van der Waals surface area contributed by atoms with E-state index in [1.54, 1.807) is 6.26 Å². The minimum absolute atomic E-state index is 0.620. The van der Waals surface area contributed by atoms with E-state index in [1.807, 2.05) is 18.2 Å². The van der Waals surface area contributed by atoms with Crippen LogP contribution in [0.4, 0.5) is 0 Å². The van der Waals surface area contributed by atoms with Crippen LogP contribution in [0, 0.1) is 0 Å². The third kappa shape index (κ3) is 1.83. The van der Waals surface area contributed by atoms with E-state index in [-0.39, 0.29) is 0 Å². The predicted octanol–water partition coefficient (Wildman–Crippen LogP) is 3.42. The van der Waals surface area contributed by atoms with Crippen LogP contribution in [-0.4, -0.2) is 5.11 Å². The van der Waals surface area contributed by atoms with Gasteiger partial charge in [-0.15, -0.1) is 0 Å². The Bertz CT molecular complexity index is 547. The Morgan fingerprint density at radius 1 is 1.18 bits per heavy atom. The van der Waals surface area contributed by atoms with E-state index < -0.39 is 5.60 Å². The van der Waals surface area contributed by atoms with Crippen molar-refractivity contribution in [1.82, 2.24) is 0 Å². The second-order valence-electron chi connectivity index (χ2n) is 4.57. The summed E-state index contributed by atoms with van der Waals surface area (Å²) in [6.45, 7) is 0. The van der Waals surface area contributed by atoms with E-state index >= 15 is 0 Å². The molecule has 1 unspecified atom stereocenters. The summed E-state index contributed by atoms with van der Waals surface area (Å²) >= 11 is 3.42. The van der Waals surface area contributed by atoms with Gasteiger partial charge in [0.05, 0.1) is 10.7 Å². The van der Waals surface area contributed by atoms with Crippen molar-refractivity contribution in [3.05, 3.63) is 58.0 Å². The summed E-state index contributed by atoms with van der Waals surface area (Å²) < 4.78 is 6.27. The van der Waals surface area contributed by atoms with Crippen molar-refractivity contribution in [1.29, 1.82) is 0 Å². The molecule has 2 aromatic rings. The molecule has 88 valence electrons. The molecule has 0 fully saturated rings. The van der Waals surface area contributed by atoms with Crippen LogP contribution in [0.2, 0.25) is 0 Å². The van der Waals surface area contributed by atoms with Crippen molar-refractivity contribution in [2.45, 2.75) is 24.9 Å². The third-order valence-corrected chi connectivity index (χ3v) is 4.07. The van der Waals surface area contributed by atoms with Crippen molar-refractivity contribution in [3.8, 4) is 0 Å². The molecule has 0 spiro atoms. The second kappa shape index (κ2) is 4.00. The van der Waals surface area contributed by atoms with E-state index in [9.17, 15) is 5.11 Å². The highest BCUT2D eigenvalue weighted by atomic mass is 79.9. The van der Waals surface area contributed by atoms with Crippen LogP contribution in [0.5, 0.6) is 0 Å². The largest absolute Gasteiger partial charge is 0.465 e. The summed E-state index contributed by atoms with van der Waals surface area (Å²) in [6, 6.07) is 10.1. The summed E-state index contributed by atoms with van der Waals surface area (Å²) in [6.07, 6.45) is 3.82. The van der Waals surface area contributed by atoms with E-state index in [2.05, 4.69) is 28.1 Å². The Kier molecular flexibility index (Phi) is 2.60. The normalized spacial score (nSPS) is 23.4. The molecule has 1 N–H and O–H groups in total. The van der Waals surface area contributed by atoms with Crippen LogP contribution in [0.15, 0.2) is 45.5 Å². The van der Waals surface area contributed by atoms with Crippen molar-refractivity contribution in [3.63, 3.8) is 0 Å². The molecule has 3 rings (SSSR count). The molecule has 1 atom stereocenters. The first-order valence-corrected chi connectivity index (χ1v) is 6.51. The van der Waals surface area contributed by atoms with Gasteiger partial charge in [-0.1, -0.05) is 24.3 Å². The zero-order chi connectivity index (χ0) is 11.9. The molecule has 0 radical (unpaired) electrons. The molecule has 17 heavy (non-hydrogen) atoms. The topological polar surface area (TPSA) is 33.4 Å². The molecule has 0 aliphatic heterocycles. The van der Waals surface area contributed by atoms with Crippen LogP contribution in [0.25, 0.3) is 0 Å². The number of aliphatic hydroxyl groups is 1. The van der Waals surface area contributed by atoms with Gasteiger partial charge in [0.2, 0.25) is 0 Å². The average molecular weight is 293 g/mol. The Balaban J connectivity index is 2.01. The van der Waals surface area contributed by atoms with E-state index in [4.69, 9.17) is 4.42 Å². The van der Waals surface area contributed by atoms with Gasteiger partial charge in [-0.2, -0.15) is 0 Å². The molecule has 1 aliphatic rings. The molecule has 0 saturated heterocycles. The van der Waals surface area contributed by atoms with Crippen LogP contribution in [0.1, 0.15) is 23.3 Å². The van der Waals surface area contributed by atoms with Gasteiger partial charge in [-0.05, 0) is 46.0 Å². The molecule has 1 aromatic heterocycles.